The van der Waals surface area contributed by atoms with Gasteiger partial charge in [-0.25, -0.2) is 9.97 Å². The predicted molar refractivity (Wildman–Crippen MR) is 76.5 cm³/mol. The highest BCUT2D eigenvalue weighted by molar-refractivity contribution is 6.29. The van der Waals surface area contributed by atoms with Crippen LogP contribution in [0.25, 0.3) is 0 Å². The SMILES string of the molecule is N#Cc1cc2c(cc1CCNc1cc(Cl)ncn1)OCO2. The molecule has 0 spiro atoms. The van der Waals surface area contributed by atoms with E-state index in [4.69, 9.17) is 21.1 Å². The average Bonchev–Trinajstić information content (AvgIpc) is 2.93. The molecule has 7 heteroatoms. The Hall–Kier alpha value is -2.52. The molecular weight excluding hydrogens is 292 g/mol. The third kappa shape index (κ3) is 2.98. The molecule has 0 saturated carbocycles. The smallest absolute Gasteiger partial charge is 0.231 e. The minimum atomic E-state index is 0.196. The van der Waals surface area contributed by atoms with Crippen molar-refractivity contribution in [3.8, 4) is 17.6 Å². The van der Waals surface area contributed by atoms with Crippen molar-refractivity contribution < 1.29 is 9.47 Å². The summed E-state index contributed by atoms with van der Waals surface area (Å²) in [4.78, 5) is 7.87. The van der Waals surface area contributed by atoms with Gasteiger partial charge in [-0.15, -0.1) is 0 Å². The summed E-state index contributed by atoms with van der Waals surface area (Å²) in [5.74, 6) is 1.94. The first-order valence-electron chi connectivity index (χ1n) is 6.30. The second-order valence-electron chi connectivity index (χ2n) is 4.38. The summed E-state index contributed by atoms with van der Waals surface area (Å²) in [6.45, 7) is 0.809. The van der Waals surface area contributed by atoms with Crippen LogP contribution >= 0.6 is 11.6 Å². The number of hydrogen-bond donors (Lipinski definition) is 1. The van der Waals surface area contributed by atoms with Crippen LogP contribution in [0.2, 0.25) is 5.15 Å². The fraction of sp³-hybridized carbons (Fsp3) is 0.214. The van der Waals surface area contributed by atoms with Crippen LogP contribution < -0.4 is 14.8 Å². The van der Waals surface area contributed by atoms with Gasteiger partial charge in [0.2, 0.25) is 6.79 Å². The third-order valence-corrected chi connectivity index (χ3v) is 3.26. The molecule has 1 aromatic carbocycles. The van der Waals surface area contributed by atoms with Crippen LogP contribution in [-0.4, -0.2) is 23.3 Å². The normalized spacial score (nSPS) is 12.0. The molecule has 0 fully saturated rings. The molecule has 2 aromatic rings. The molecule has 1 aliphatic rings. The van der Waals surface area contributed by atoms with E-state index in [0.29, 0.717) is 41.0 Å². The number of halogens is 1. The molecule has 6 nitrogen and oxygen atoms in total. The third-order valence-electron chi connectivity index (χ3n) is 3.05. The fourth-order valence-corrected chi connectivity index (χ4v) is 2.20. The number of hydrogen-bond acceptors (Lipinski definition) is 6. The Balaban J connectivity index is 1.69. The van der Waals surface area contributed by atoms with Crippen LogP contribution in [0, 0.1) is 11.3 Å². The van der Waals surface area contributed by atoms with E-state index in [1.807, 2.05) is 6.07 Å². The molecule has 3 rings (SSSR count). The van der Waals surface area contributed by atoms with Crippen LogP contribution in [0.4, 0.5) is 5.82 Å². The number of aromatic nitrogens is 2. The Morgan fingerprint density at radius 3 is 2.81 bits per heavy atom. The largest absolute Gasteiger partial charge is 0.454 e. The lowest BCUT2D eigenvalue weighted by Gasteiger charge is -2.08. The van der Waals surface area contributed by atoms with Gasteiger partial charge in [0.05, 0.1) is 11.6 Å². The van der Waals surface area contributed by atoms with Crippen molar-refractivity contribution in [2.75, 3.05) is 18.7 Å². The molecule has 0 atom stereocenters. The molecular formula is C14H11ClN4O2. The van der Waals surface area contributed by atoms with E-state index >= 15 is 0 Å². The van der Waals surface area contributed by atoms with Gasteiger partial charge in [0.1, 0.15) is 17.3 Å². The van der Waals surface area contributed by atoms with Crippen LogP contribution in [0.15, 0.2) is 24.5 Å². The van der Waals surface area contributed by atoms with E-state index in [-0.39, 0.29) is 6.79 Å². The standard InChI is InChI=1S/C14H11ClN4O2/c15-13-5-14(19-7-18-13)17-2-1-9-3-11-12(21-8-20-11)4-10(9)6-16/h3-5,7H,1-2,8H2,(H,17,18,19). The second-order valence-corrected chi connectivity index (χ2v) is 4.76. The molecule has 0 aliphatic carbocycles. The van der Waals surface area contributed by atoms with Gasteiger partial charge in [0.25, 0.3) is 0 Å². The highest BCUT2D eigenvalue weighted by Gasteiger charge is 2.16. The number of ether oxygens (including phenoxy) is 2. The van der Waals surface area contributed by atoms with E-state index in [1.165, 1.54) is 6.33 Å². The van der Waals surface area contributed by atoms with Crippen molar-refractivity contribution in [1.82, 2.24) is 9.97 Å². The molecule has 1 N–H and O–H groups in total. The van der Waals surface area contributed by atoms with Crippen molar-refractivity contribution in [2.24, 2.45) is 0 Å². The second kappa shape index (κ2) is 5.85. The maximum absolute atomic E-state index is 9.20. The van der Waals surface area contributed by atoms with E-state index < -0.39 is 0 Å². The number of nitriles is 1. The van der Waals surface area contributed by atoms with Gasteiger partial charge in [0, 0.05) is 18.7 Å². The minimum Gasteiger partial charge on any atom is -0.454 e. The maximum atomic E-state index is 9.20. The predicted octanol–water partition coefficient (Wildman–Crippen LogP) is 2.38. The number of anilines is 1. The summed E-state index contributed by atoms with van der Waals surface area (Å²) < 4.78 is 10.6. The highest BCUT2D eigenvalue weighted by Crippen LogP contribution is 2.34. The van der Waals surface area contributed by atoms with Crippen molar-refractivity contribution in [3.05, 3.63) is 40.8 Å². The topological polar surface area (TPSA) is 80.1 Å². The fourth-order valence-electron chi connectivity index (χ4n) is 2.05. The van der Waals surface area contributed by atoms with E-state index in [9.17, 15) is 5.26 Å². The number of rotatable bonds is 4. The highest BCUT2D eigenvalue weighted by atomic mass is 35.5. The Morgan fingerprint density at radius 2 is 2.05 bits per heavy atom. The van der Waals surface area contributed by atoms with Crippen LogP contribution in [0.5, 0.6) is 11.5 Å². The lowest BCUT2D eigenvalue weighted by molar-refractivity contribution is 0.174. The summed E-state index contributed by atoms with van der Waals surface area (Å²) in [5.41, 5.74) is 1.48. The van der Waals surface area contributed by atoms with E-state index in [1.54, 1.807) is 12.1 Å². The molecule has 0 amide bonds. The van der Waals surface area contributed by atoms with Crippen LogP contribution in [-0.2, 0) is 6.42 Å². The first-order valence-corrected chi connectivity index (χ1v) is 6.68. The molecule has 21 heavy (non-hydrogen) atoms. The number of nitrogens with one attached hydrogen (secondary N) is 1. The number of nitrogens with zero attached hydrogens (tertiary/aromatic N) is 3. The Morgan fingerprint density at radius 1 is 1.24 bits per heavy atom. The van der Waals surface area contributed by atoms with Crippen LogP contribution in [0.1, 0.15) is 11.1 Å². The average molecular weight is 303 g/mol. The van der Waals surface area contributed by atoms with Crippen molar-refractivity contribution in [1.29, 1.82) is 5.26 Å². The molecule has 0 unspecified atom stereocenters. The molecule has 2 heterocycles. The van der Waals surface area contributed by atoms with Gasteiger partial charge in [0.15, 0.2) is 11.5 Å². The van der Waals surface area contributed by atoms with Crippen LogP contribution in [0.3, 0.4) is 0 Å². The molecule has 0 saturated heterocycles. The monoisotopic (exact) mass is 302 g/mol. The van der Waals surface area contributed by atoms with Gasteiger partial charge in [-0.3, -0.25) is 0 Å². The maximum Gasteiger partial charge on any atom is 0.231 e. The molecule has 1 aromatic heterocycles. The lowest BCUT2D eigenvalue weighted by atomic mass is 10.0. The van der Waals surface area contributed by atoms with Crippen molar-refractivity contribution in [3.63, 3.8) is 0 Å². The lowest BCUT2D eigenvalue weighted by Crippen LogP contribution is -2.07. The Kier molecular flexibility index (Phi) is 3.75. The molecule has 1 aliphatic heterocycles. The van der Waals surface area contributed by atoms with E-state index in [2.05, 4.69) is 21.4 Å². The van der Waals surface area contributed by atoms with Gasteiger partial charge >= 0.3 is 0 Å². The Labute approximate surface area is 126 Å². The molecule has 0 bridgehead atoms. The quantitative estimate of drug-likeness (QED) is 0.874. The first kappa shape index (κ1) is 13.5. The number of benzene rings is 1. The Bertz CT molecular complexity index is 715. The zero-order valence-electron chi connectivity index (χ0n) is 11.0. The molecule has 0 radical (unpaired) electrons. The van der Waals surface area contributed by atoms with Gasteiger partial charge in [-0.1, -0.05) is 11.6 Å². The molecule has 106 valence electrons. The zero-order chi connectivity index (χ0) is 14.7. The number of fused-ring (bicyclic) bond motifs is 1. The minimum absolute atomic E-state index is 0.196. The summed E-state index contributed by atoms with van der Waals surface area (Å²) in [5, 5.41) is 12.7. The van der Waals surface area contributed by atoms with Gasteiger partial charge < -0.3 is 14.8 Å². The summed E-state index contributed by atoms with van der Waals surface area (Å²) in [6.07, 6.45) is 2.05. The van der Waals surface area contributed by atoms with Gasteiger partial charge in [-0.05, 0) is 18.1 Å². The summed E-state index contributed by atoms with van der Waals surface area (Å²) in [6, 6.07) is 7.37. The van der Waals surface area contributed by atoms with Crippen molar-refractivity contribution in [2.45, 2.75) is 6.42 Å². The zero-order valence-corrected chi connectivity index (χ0v) is 11.7. The van der Waals surface area contributed by atoms with E-state index in [0.717, 1.165) is 5.56 Å². The van der Waals surface area contributed by atoms with Crippen molar-refractivity contribution >= 4 is 17.4 Å². The first-order chi connectivity index (χ1) is 10.3. The summed E-state index contributed by atoms with van der Waals surface area (Å²) >= 11 is 5.79. The summed E-state index contributed by atoms with van der Waals surface area (Å²) in [7, 11) is 0. The van der Waals surface area contributed by atoms with Gasteiger partial charge in [-0.2, -0.15) is 5.26 Å².